The fourth-order valence-corrected chi connectivity index (χ4v) is 4.58. The number of hydrogen-bond acceptors (Lipinski definition) is 5. The van der Waals surface area contributed by atoms with Gasteiger partial charge in [-0.25, -0.2) is 9.59 Å². The second-order valence-corrected chi connectivity index (χ2v) is 10.6. The van der Waals surface area contributed by atoms with Gasteiger partial charge in [-0.2, -0.15) is 0 Å². The molecule has 0 aliphatic rings. The van der Waals surface area contributed by atoms with Crippen molar-refractivity contribution in [2.75, 3.05) is 6.61 Å². The molecule has 3 rings (SSSR count). The number of carbonyl (C=O) groups is 2. The molecule has 5 nitrogen and oxygen atoms in total. The Morgan fingerprint density at radius 3 is 1.41 bits per heavy atom. The first-order valence-electron chi connectivity index (χ1n) is 15.4. The van der Waals surface area contributed by atoms with E-state index in [0.29, 0.717) is 29.2 Å². The summed E-state index contributed by atoms with van der Waals surface area (Å²) in [5.74, 6) is 0.683. The summed E-state index contributed by atoms with van der Waals surface area (Å²) in [6, 6.07) is 21.1. The molecule has 0 unspecified atom stereocenters. The van der Waals surface area contributed by atoms with Crippen molar-refractivity contribution >= 4 is 11.9 Å². The Hall–Kier alpha value is -3.60. The number of ether oxygens (including phenoxy) is 3. The molecule has 0 amide bonds. The van der Waals surface area contributed by atoms with Crippen molar-refractivity contribution < 1.29 is 23.8 Å². The van der Waals surface area contributed by atoms with Crippen molar-refractivity contribution in [3.63, 3.8) is 0 Å². The van der Waals surface area contributed by atoms with E-state index >= 15 is 0 Å². The third kappa shape index (κ3) is 12.2. The minimum absolute atomic E-state index is 0.356. The van der Waals surface area contributed by atoms with Crippen LogP contribution < -0.4 is 14.2 Å². The molecule has 0 aliphatic heterocycles. The summed E-state index contributed by atoms with van der Waals surface area (Å²) in [6.07, 6.45) is 16.0. The summed E-state index contributed by atoms with van der Waals surface area (Å²) in [6.45, 7) is 5.12. The smallest absolute Gasteiger partial charge is 0.343 e. The molecule has 3 aromatic rings. The van der Waals surface area contributed by atoms with Crippen molar-refractivity contribution in [3.8, 4) is 17.2 Å². The predicted octanol–water partition coefficient (Wildman–Crippen LogP) is 9.77. The van der Waals surface area contributed by atoms with Crippen molar-refractivity contribution in [2.24, 2.45) is 0 Å². The van der Waals surface area contributed by atoms with E-state index in [2.05, 4.69) is 13.8 Å². The zero-order chi connectivity index (χ0) is 29.1. The summed E-state index contributed by atoms with van der Waals surface area (Å²) < 4.78 is 16.8. The monoisotopic (exact) mass is 558 g/mol. The molecule has 0 aliphatic carbocycles. The second-order valence-electron chi connectivity index (χ2n) is 10.6. The van der Waals surface area contributed by atoms with E-state index in [9.17, 15) is 9.59 Å². The molecule has 41 heavy (non-hydrogen) atoms. The van der Waals surface area contributed by atoms with Gasteiger partial charge in [-0.3, -0.25) is 0 Å². The van der Waals surface area contributed by atoms with Crippen LogP contribution in [0.3, 0.4) is 0 Å². The van der Waals surface area contributed by atoms with Gasteiger partial charge in [0, 0.05) is 0 Å². The molecule has 3 aromatic carbocycles. The maximum absolute atomic E-state index is 12.6. The number of unbranched alkanes of at least 4 members (excludes halogenated alkanes) is 10. The first-order chi connectivity index (χ1) is 20.1. The Balaban J connectivity index is 1.39. The Morgan fingerprint density at radius 2 is 0.902 bits per heavy atom. The lowest BCUT2D eigenvalue weighted by atomic mass is 10.0. The number of aryl methyl sites for hydroxylation is 1. The van der Waals surface area contributed by atoms with Gasteiger partial charge in [-0.1, -0.05) is 90.2 Å². The number of carbonyl (C=O) groups excluding carboxylic acids is 2. The molecular formula is C36H46O5. The fraction of sp³-hybridized carbons (Fsp3) is 0.444. The van der Waals surface area contributed by atoms with Crippen LogP contribution in [0.15, 0.2) is 72.8 Å². The maximum Gasteiger partial charge on any atom is 0.343 e. The fourth-order valence-electron chi connectivity index (χ4n) is 4.58. The molecule has 0 N–H and O–H groups in total. The first-order valence-corrected chi connectivity index (χ1v) is 15.4. The highest BCUT2D eigenvalue weighted by molar-refractivity contribution is 5.92. The summed E-state index contributed by atoms with van der Waals surface area (Å²) >= 11 is 0. The average molecular weight is 559 g/mol. The average Bonchev–Trinajstić information content (AvgIpc) is 3.00. The topological polar surface area (TPSA) is 61.8 Å². The number of esters is 2. The van der Waals surface area contributed by atoms with Crippen LogP contribution in [0.5, 0.6) is 17.2 Å². The van der Waals surface area contributed by atoms with Crippen LogP contribution in [0, 0.1) is 0 Å². The minimum atomic E-state index is -0.469. The van der Waals surface area contributed by atoms with Crippen LogP contribution in [0.2, 0.25) is 0 Å². The largest absolute Gasteiger partial charge is 0.494 e. The summed E-state index contributed by atoms with van der Waals surface area (Å²) in [4.78, 5) is 25.2. The molecule has 0 aromatic heterocycles. The lowest BCUT2D eigenvalue weighted by Gasteiger charge is -2.09. The molecule has 0 heterocycles. The molecule has 0 fully saturated rings. The molecule has 0 spiro atoms. The van der Waals surface area contributed by atoms with E-state index in [1.165, 1.54) is 76.2 Å². The summed E-state index contributed by atoms with van der Waals surface area (Å²) in [7, 11) is 0. The Kier molecular flexibility index (Phi) is 14.6. The van der Waals surface area contributed by atoms with E-state index in [-0.39, 0.29) is 0 Å². The Labute approximate surface area is 246 Å². The summed E-state index contributed by atoms with van der Waals surface area (Å²) in [5, 5.41) is 0. The van der Waals surface area contributed by atoms with Gasteiger partial charge in [0.15, 0.2) is 0 Å². The van der Waals surface area contributed by atoms with Crippen LogP contribution in [0.25, 0.3) is 0 Å². The lowest BCUT2D eigenvalue weighted by Crippen LogP contribution is -2.10. The molecule has 0 radical (unpaired) electrons. The SMILES string of the molecule is CCCCCCCCOc1ccc(C(=O)Oc2ccc(C(=O)Oc3ccc(CCCCCCCC)cc3)cc2)cc1. The first kappa shape index (κ1) is 31.9. The second kappa shape index (κ2) is 18.7. The van der Waals surface area contributed by atoms with Crippen LogP contribution in [0.1, 0.15) is 117 Å². The quantitative estimate of drug-likeness (QED) is 0.0832. The van der Waals surface area contributed by atoms with Gasteiger partial charge in [-0.05, 0) is 85.5 Å². The van der Waals surface area contributed by atoms with Gasteiger partial charge in [0.2, 0.25) is 0 Å². The van der Waals surface area contributed by atoms with Crippen LogP contribution >= 0.6 is 0 Å². The standard InChI is InChI=1S/C36H46O5/c1-3-5-7-9-11-13-15-29-16-22-33(23-17-29)40-36(38)31-20-26-34(27-21-31)41-35(37)30-18-24-32(25-19-30)39-28-14-12-10-8-6-4-2/h16-27H,3-15,28H2,1-2H3. The zero-order valence-electron chi connectivity index (χ0n) is 24.9. The maximum atomic E-state index is 12.6. The molecule has 5 heteroatoms. The van der Waals surface area contributed by atoms with Gasteiger partial charge in [0.05, 0.1) is 17.7 Å². The van der Waals surface area contributed by atoms with Gasteiger partial charge in [-0.15, -0.1) is 0 Å². The van der Waals surface area contributed by atoms with Crippen LogP contribution in [-0.2, 0) is 6.42 Å². The van der Waals surface area contributed by atoms with Gasteiger partial charge in [0.1, 0.15) is 17.2 Å². The van der Waals surface area contributed by atoms with Gasteiger partial charge >= 0.3 is 11.9 Å². The highest BCUT2D eigenvalue weighted by Gasteiger charge is 2.12. The van der Waals surface area contributed by atoms with Crippen molar-refractivity contribution in [3.05, 3.63) is 89.5 Å². The Morgan fingerprint density at radius 1 is 0.488 bits per heavy atom. The predicted molar refractivity (Wildman–Crippen MR) is 165 cm³/mol. The highest BCUT2D eigenvalue weighted by atomic mass is 16.5. The normalized spacial score (nSPS) is 10.8. The highest BCUT2D eigenvalue weighted by Crippen LogP contribution is 2.20. The van der Waals surface area contributed by atoms with Crippen LogP contribution in [-0.4, -0.2) is 18.5 Å². The van der Waals surface area contributed by atoms with E-state index in [1.807, 2.05) is 24.3 Å². The van der Waals surface area contributed by atoms with Crippen molar-refractivity contribution in [1.29, 1.82) is 0 Å². The van der Waals surface area contributed by atoms with Crippen LogP contribution in [0.4, 0.5) is 0 Å². The van der Waals surface area contributed by atoms with E-state index in [0.717, 1.165) is 18.6 Å². The molecule has 0 saturated carbocycles. The molecule has 220 valence electrons. The number of hydrogen-bond donors (Lipinski definition) is 0. The molecule has 0 atom stereocenters. The van der Waals surface area contributed by atoms with Gasteiger partial charge in [0.25, 0.3) is 0 Å². The lowest BCUT2D eigenvalue weighted by molar-refractivity contribution is 0.0730. The van der Waals surface area contributed by atoms with Crippen molar-refractivity contribution in [2.45, 2.75) is 97.3 Å². The Bertz CT molecular complexity index is 1150. The number of rotatable bonds is 19. The zero-order valence-corrected chi connectivity index (χ0v) is 24.9. The third-order valence-electron chi connectivity index (χ3n) is 7.11. The molecule has 0 saturated heterocycles. The van der Waals surface area contributed by atoms with Gasteiger partial charge < -0.3 is 14.2 Å². The van der Waals surface area contributed by atoms with Crippen molar-refractivity contribution in [1.82, 2.24) is 0 Å². The van der Waals surface area contributed by atoms with E-state index in [4.69, 9.17) is 14.2 Å². The van der Waals surface area contributed by atoms with E-state index < -0.39 is 11.9 Å². The number of benzene rings is 3. The molecule has 0 bridgehead atoms. The molecular weight excluding hydrogens is 512 g/mol. The minimum Gasteiger partial charge on any atom is -0.494 e. The summed E-state index contributed by atoms with van der Waals surface area (Å²) in [5.41, 5.74) is 2.06. The van der Waals surface area contributed by atoms with E-state index in [1.54, 1.807) is 48.5 Å². The third-order valence-corrected chi connectivity index (χ3v) is 7.11.